The van der Waals surface area contributed by atoms with E-state index in [1.54, 1.807) is 12.1 Å². The van der Waals surface area contributed by atoms with E-state index in [1.807, 2.05) is 25.1 Å². The number of hydrogen-bond donors (Lipinski definition) is 1. The standard InChI is InChI=1S/C12H13N3O2/c1-2-17-8-10-11(13)14-15(12(10)16)9-6-4-3-5-7-9/h3-8H,2H2,1H3,(H2,13,14)/b10-8-. The molecule has 2 N–H and O–H groups in total. The fraction of sp³-hybridized carbons (Fsp3) is 0.167. The Hall–Kier alpha value is -2.30. The van der Waals surface area contributed by atoms with E-state index in [4.69, 9.17) is 10.5 Å². The van der Waals surface area contributed by atoms with Crippen LogP contribution < -0.4 is 10.7 Å². The summed E-state index contributed by atoms with van der Waals surface area (Å²) in [5, 5.41) is 5.27. The summed E-state index contributed by atoms with van der Waals surface area (Å²) in [6.07, 6.45) is 1.35. The molecule has 5 nitrogen and oxygen atoms in total. The van der Waals surface area contributed by atoms with E-state index in [0.29, 0.717) is 12.3 Å². The Morgan fingerprint density at radius 3 is 2.76 bits per heavy atom. The van der Waals surface area contributed by atoms with Crippen LogP contribution in [0.25, 0.3) is 0 Å². The topological polar surface area (TPSA) is 67.9 Å². The summed E-state index contributed by atoms with van der Waals surface area (Å²) in [4.78, 5) is 12.0. The number of nitrogens with two attached hydrogens (primary N) is 1. The molecule has 0 aromatic heterocycles. The smallest absolute Gasteiger partial charge is 0.285 e. The number of benzene rings is 1. The van der Waals surface area contributed by atoms with Gasteiger partial charge in [-0.3, -0.25) is 4.79 Å². The molecule has 1 aliphatic rings. The van der Waals surface area contributed by atoms with Crippen LogP contribution in [-0.4, -0.2) is 18.3 Å². The van der Waals surface area contributed by atoms with E-state index in [2.05, 4.69) is 5.10 Å². The summed E-state index contributed by atoms with van der Waals surface area (Å²) in [5.74, 6) is -0.102. The molecule has 0 spiro atoms. The van der Waals surface area contributed by atoms with Crippen molar-refractivity contribution in [1.82, 2.24) is 0 Å². The third-order valence-corrected chi connectivity index (χ3v) is 2.28. The van der Waals surface area contributed by atoms with Gasteiger partial charge in [-0.1, -0.05) is 18.2 Å². The second-order valence-corrected chi connectivity index (χ2v) is 3.42. The fourth-order valence-corrected chi connectivity index (χ4v) is 1.45. The second-order valence-electron chi connectivity index (χ2n) is 3.42. The van der Waals surface area contributed by atoms with Crippen molar-refractivity contribution >= 4 is 17.4 Å². The van der Waals surface area contributed by atoms with Crippen LogP contribution in [0, 0.1) is 0 Å². The van der Waals surface area contributed by atoms with Gasteiger partial charge in [0.25, 0.3) is 5.91 Å². The van der Waals surface area contributed by atoms with Crippen molar-refractivity contribution in [3.8, 4) is 0 Å². The summed E-state index contributed by atoms with van der Waals surface area (Å²) in [7, 11) is 0. The predicted octanol–water partition coefficient (Wildman–Crippen LogP) is 1.23. The Kier molecular flexibility index (Phi) is 3.09. The maximum absolute atomic E-state index is 12.0. The molecule has 88 valence electrons. The SMILES string of the molecule is CCO/C=C1\C(=O)N(c2ccccc2)N=C1N. The van der Waals surface area contributed by atoms with E-state index in [9.17, 15) is 4.79 Å². The molecule has 0 aliphatic carbocycles. The first-order valence-electron chi connectivity index (χ1n) is 5.29. The molecular weight excluding hydrogens is 218 g/mol. The van der Waals surface area contributed by atoms with Crippen molar-refractivity contribution in [1.29, 1.82) is 0 Å². The first-order chi connectivity index (χ1) is 8.24. The monoisotopic (exact) mass is 231 g/mol. The van der Waals surface area contributed by atoms with Crippen LogP contribution in [0.3, 0.4) is 0 Å². The van der Waals surface area contributed by atoms with Crippen LogP contribution in [0.4, 0.5) is 5.69 Å². The average Bonchev–Trinajstić information content (AvgIpc) is 2.64. The van der Waals surface area contributed by atoms with E-state index in [0.717, 1.165) is 0 Å². The fourth-order valence-electron chi connectivity index (χ4n) is 1.45. The zero-order valence-corrected chi connectivity index (χ0v) is 9.46. The first kappa shape index (κ1) is 11.2. The van der Waals surface area contributed by atoms with Gasteiger partial charge in [0.05, 0.1) is 18.6 Å². The molecule has 0 unspecified atom stereocenters. The van der Waals surface area contributed by atoms with Crippen molar-refractivity contribution in [3.63, 3.8) is 0 Å². The lowest BCUT2D eigenvalue weighted by atomic mass is 10.2. The van der Waals surface area contributed by atoms with Gasteiger partial charge >= 0.3 is 0 Å². The van der Waals surface area contributed by atoms with Crippen molar-refractivity contribution in [3.05, 3.63) is 42.2 Å². The number of hydrogen-bond acceptors (Lipinski definition) is 4. The van der Waals surface area contributed by atoms with Gasteiger partial charge < -0.3 is 10.5 Å². The molecule has 0 saturated heterocycles. The molecule has 0 atom stereocenters. The normalized spacial score (nSPS) is 17.5. The Bertz CT molecular complexity index is 480. The van der Waals surface area contributed by atoms with Gasteiger partial charge in [-0.25, -0.2) is 0 Å². The zero-order valence-electron chi connectivity index (χ0n) is 9.46. The van der Waals surface area contributed by atoms with E-state index >= 15 is 0 Å². The van der Waals surface area contributed by atoms with Gasteiger partial charge in [-0.2, -0.15) is 5.01 Å². The number of hydrazone groups is 1. The molecule has 1 amide bonds. The van der Waals surface area contributed by atoms with Gasteiger partial charge in [-0.05, 0) is 19.1 Å². The maximum Gasteiger partial charge on any atom is 0.285 e. The summed E-state index contributed by atoms with van der Waals surface area (Å²) in [5.41, 5.74) is 6.65. The number of nitrogens with zero attached hydrogens (tertiary/aromatic N) is 2. The maximum atomic E-state index is 12.0. The van der Waals surface area contributed by atoms with Crippen molar-refractivity contribution < 1.29 is 9.53 Å². The summed E-state index contributed by atoms with van der Waals surface area (Å²) < 4.78 is 5.07. The minimum Gasteiger partial charge on any atom is -0.501 e. The van der Waals surface area contributed by atoms with Crippen molar-refractivity contribution in [2.75, 3.05) is 11.6 Å². The Morgan fingerprint density at radius 1 is 1.41 bits per heavy atom. The minimum absolute atomic E-state index is 0.173. The van der Waals surface area contributed by atoms with Gasteiger partial charge in [0.2, 0.25) is 0 Å². The number of carbonyl (C=O) groups excluding carboxylic acids is 1. The molecule has 0 radical (unpaired) electrons. The van der Waals surface area contributed by atoms with Crippen LogP contribution >= 0.6 is 0 Å². The van der Waals surface area contributed by atoms with Crippen molar-refractivity contribution in [2.45, 2.75) is 6.92 Å². The highest BCUT2D eigenvalue weighted by molar-refractivity contribution is 6.29. The average molecular weight is 231 g/mol. The number of para-hydroxylation sites is 1. The molecule has 1 aliphatic heterocycles. The summed E-state index contributed by atoms with van der Waals surface area (Å²) in [6.45, 7) is 2.31. The molecule has 1 heterocycles. The van der Waals surface area contributed by atoms with Crippen molar-refractivity contribution in [2.24, 2.45) is 10.8 Å². The zero-order chi connectivity index (χ0) is 12.3. The van der Waals surface area contributed by atoms with Gasteiger partial charge in [0, 0.05) is 0 Å². The Labute approximate surface area is 99.2 Å². The summed E-state index contributed by atoms with van der Waals surface area (Å²) in [6, 6.07) is 9.11. The molecule has 2 rings (SSSR count). The Balaban J connectivity index is 2.28. The predicted molar refractivity (Wildman–Crippen MR) is 65.3 cm³/mol. The first-order valence-corrected chi connectivity index (χ1v) is 5.29. The van der Waals surface area contributed by atoms with E-state index in [-0.39, 0.29) is 17.3 Å². The highest BCUT2D eigenvalue weighted by Gasteiger charge is 2.29. The van der Waals surface area contributed by atoms with Crippen LogP contribution in [0.2, 0.25) is 0 Å². The molecular formula is C12H13N3O2. The quantitative estimate of drug-likeness (QED) is 0.628. The molecule has 0 bridgehead atoms. The van der Waals surface area contributed by atoms with Crippen LogP contribution in [0.1, 0.15) is 6.92 Å². The van der Waals surface area contributed by atoms with E-state index in [1.165, 1.54) is 11.3 Å². The third kappa shape index (κ3) is 2.13. The number of rotatable bonds is 3. The van der Waals surface area contributed by atoms with Gasteiger partial charge in [0.15, 0.2) is 5.84 Å². The van der Waals surface area contributed by atoms with E-state index < -0.39 is 0 Å². The molecule has 1 aromatic carbocycles. The minimum atomic E-state index is -0.276. The molecule has 0 fully saturated rings. The molecule has 0 saturated carbocycles. The lowest BCUT2D eigenvalue weighted by Crippen LogP contribution is -2.22. The van der Waals surface area contributed by atoms with Gasteiger partial charge in [-0.15, -0.1) is 5.10 Å². The lowest BCUT2D eigenvalue weighted by molar-refractivity contribution is -0.114. The number of amidine groups is 1. The molecule has 17 heavy (non-hydrogen) atoms. The second kappa shape index (κ2) is 4.69. The summed E-state index contributed by atoms with van der Waals surface area (Å²) >= 11 is 0. The highest BCUT2D eigenvalue weighted by atomic mass is 16.5. The number of carbonyl (C=O) groups is 1. The number of ether oxygens (including phenoxy) is 1. The lowest BCUT2D eigenvalue weighted by Gasteiger charge is -2.10. The number of anilines is 1. The number of amides is 1. The largest absolute Gasteiger partial charge is 0.501 e. The Morgan fingerprint density at radius 2 is 2.12 bits per heavy atom. The van der Waals surface area contributed by atoms with Crippen LogP contribution in [-0.2, 0) is 9.53 Å². The molecule has 5 heteroatoms. The molecule has 1 aromatic rings. The van der Waals surface area contributed by atoms with Crippen LogP contribution in [0.5, 0.6) is 0 Å². The van der Waals surface area contributed by atoms with Crippen LogP contribution in [0.15, 0.2) is 47.3 Å². The van der Waals surface area contributed by atoms with Gasteiger partial charge in [0.1, 0.15) is 5.57 Å². The highest BCUT2D eigenvalue weighted by Crippen LogP contribution is 2.21. The third-order valence-electron chi connectivity index (χ3n) is 2.28.